The normalized spacial score (nSPS) is 15.3. The van der Waals surface area contributed by atoms with Crippen molar-refractivity contribution in [2.24, 2.45) is 0 Å². The summed E-state index contributed by atoms with van der Waals surface area (Å²) in [5.41, 5.74) is 1.63. The third kappa shape index (κ3) is 4.86. The van der Waals surface area contributed by atoms with Crippen molar-refractivity contribution in [3.63, 3.8) is 0 Å². The molecule has 0 spiro atoms. The minimum atomic E-state index is -3.73. The van der Waals surface area contributed by atoms with E-state index in [1.165, 1.54) is 22.6 Å². The van der Waals surface area contributed by atoms with E-state index in [0.717, 1.165) is 15.7 Å². The van der Waals surface area contributed by atoms with Crippen LogP contribution in [0.2, 0.25) is 0 Å². The van der Waals surface area contributed by atoms with Crippen LogP contribution in [-0.2, 0) is 32.6 Å². The highest BCUT2D eigenvalue weighted by molar-refractivity contribution is 7.89. The summed E-state index contributed by atoms with van der Waals surface area (Å²) in [6, 6.07) is 10.2. The van der Waals surface area contributed by atoms with Crippen LogP contribution in [0.5, 0.6) is 0 Å². The Hall–Kier alpha value is -2.49. The molecule has 2 aromatic rings. The monoisotopic (exact) mass is 405 g/mol. The number of hydrogen-bond donors (Lipinski definition) is 1. The molecule has 1 amide bonds. The molecule has 0 unspecified atom stereocenters. The number of sulfonamides is 1. The Bertz CT molecular complexity index is 993. The van der Waals surface area contributed by atoms with E-state index in [0.29, 0.717) is 19.8 Å². The number of rotatable bonds is 6. The number of carbonyl (C=O) groups excluding carboxylic acids is 1. The lowest BCUT2D eigenvalue weighted by atomic mass is 10.1. The zero-order valence-electron chi connectivity index (χ0n) is 15.6. The van der Waals surface area contributed by atoms with Crippen LogP contribution in [0.1, 0.15) is 11.1 Å². The predicted molar refractivity (Wildman–Crippen MR) is 103 cm³/mol. The maximum Gasteiger partial charge on any atom is 0.251 e. The number of amides is 1. The largest absolute Gasteiger partial charge is 0.379 e. The molecule has 1 aliphatic heterocycles. The first kappa shape index (κ1) is 20.2. The number of nitrogens with one attached hydrogen (secondary N) is 1. The van der Waals surface area contributed by atoms with Crippen molar-refractivity contribution in [2.45, 2.75) is 24.9 Å². The highest BCUT2D eigenvalue weighted by Gasteiger charge is 2.27. The second-order valence-electron chi connectivity index (χ2n) is 6.61. The fraction of sp³-hybridized carbons (Fsp3) is 0.368. The third-order valence-electron chi connectivity index (χ3n) is 4.49. The van der Waals surface area contributed by atoms with Crippen LogP contribution >= 0.6 is 0 Å². The number of aryl methyl sites for hydroxylation is 1. The molecule has 2 heterocycles. The van der Waals surface area contributed by atoms with Gasteiger partial charge < -0.3 is 14.6 Å². The highest BCUT2D eigenvalue weighted by atomic mass is 32.2. The number of benzene rings is 1. The maximum atomic E-state index is 12.7. The van der Waals surface area contributed by atoms with Crippen molar-refractivity contribution in [3.8, 4) is 0 Å². The molecule has 28 heavy (non-hydrogen) atoms. The molecule has 9 heteroatoms. The second-order valence-corrected chi connectivity index (χ2v) is 8.55. The molecule has 1 fully saturated rings. The lowest BCUT2D eigenvalue weighted by Crippen LogP contribution is -2.41. The van der Waals surface area contributed by atoms with Crippen LogP contribution in [0.3, 0.4) is 0 Å². The van der Waals surface area contributed by atoms with Gasteiger partial charge in [0.05, 0.1) is 18.1 Å². The number of aromatic nitrogens is 1. The topological polar surface area (TPSA) is 97.7 Å². The van der Waals surface area contributed by atoms with Crippen molar-refractivity contribution in [1.29, 1.82) is 0 Å². The summed E-state index contributed by atoms with van der Waals surface area (Å²) in [5, 5.41) is 2.74. The van der Waals surface area contributed by atoms with Gasteiger partial charge in [0.2, 0.25) is 15.9 Å². The van der Waals surface area contributed by atoms with Gasteiger partial charge in [-0.3, -0.25) is 9.59 Å². The average Bonchev–Trinajstić information content (AvgIpc) is 2.70. The molecule has 8 nitrogen and oxygen atoms in total. The smallest absolute Gasteiger partial charge is 0.251 e. The standard InChI is InChI=1S/C19H23N3O5S/c1-15-2-4-16(5-3-15)12-20-18(23)14-21-13-17(6-7-19(21)24)28(25,26)22-8-10-27-11-9-22/h2-7,13H,8-12,14H2,1H3,(H,20,23). The first-order valence-corrected chi connectivity index (χ1v) is 10.4. The molecule has 3 rings (SSSR count). The summed E-state index contributed by atoms with van der Waals surface area (Å²) in [7, 11) is -3.73. The van der Waals surface area contributed by atoms with E-state index >= 15 is 0 Å². The summed E-state index contributed by atoms with van der Waals surface area (Å²) >= 11 is 0. The minimum absolute atomic E-state index is 0.0136. The Morgan fingerprint density at radius 1 is 1.11 bits per heavy atom. The summed E-state index contributed by atoms with van der Waals surface area (Å²) < 4.78 is 33.1. The average molecular weight is 405 g/mol. The fourth-order valence-electron chi connectivity index (χ4n) is 2.84. The van der Waals surface area contributed by atoms with E-state index in [2.05, 4.69) is 5.32 Å². The van der Waals surface area contributed by atoms with Crippen LogP contribution in [-0.4, -0.2) is 49.5 Å². The van der Waals surface area contributed by atoms with E-state index in [-0.39, 0.29) is 30.4 Å². The Labute approximate surface area is 163 Å². The van der Waals surface area contributed by atoms with Crippen LogP contribution in [0.25, 0.3) is 0 Å². The zero-order chi connectivity index (χ0) is 20.1. The van der Waals surface area contributed by atoms with Gasteiger partial charge in [0.25, 0.3) is 5.56 Å². The lowest BCUT2D eigenvalue weighted by Gasteiger charge is -2.26. The maximum absolute atomic E-state index is 12.7. The van der Waals surface area contributed by atoms with Gasteiger partial charge in [-0.05, 0) is 18.6 Å². The second kappa shape index (κ2) is 8.68. The van der Waals surface area contributed by atoms with Crippen LogP contribution in [0.15, 0.2) is 52.3 Å². The van der Waals surface area contributed by atoms with Gasteiger partial charge in [0.1, 0.15) is 6.54 Å². The van der Waals surface area contributed by atoms with Crippen molar-refractivity contribution < 1.29 is 17.9 Å². The third-order valence-corrected chi connectivity index (χ3v) is 6.37. The molecule has 1 aromatic heterocycles. The summed E-state index contributed by atoms with van der Waals surface area (Å²) in [4.78, 5) is 24.3. The van der Waals surface area contributed by atoms with Gasteiger partial charge in [-0.1, -0.05) is 29.8 Å². The zero-order valence-corrected chi connectivity index (χ0v) is 16.4. The molecule has 1 aromatic carbocycles. The molecule has 0 radical (unpaired) electrons. The molecule has 1 N–H and O–H groups in total. The first-order chi connectivity index (χ1) is 13.4. The Morgan fingerprint density at radius 2 is 1.79 bits per heavy atom. The number of morpholine rings is 1. The SMILES string of the molecule is Cc1ccc(CNC(=O)Cn2cc(S(=O)(=O)N3CCOCC3)ccc2=O)cc1. The van der Waals surface area contributed by atoms with Gasteiger partial charge in [0.15, 0.2) is 0 Å². The van der Waals surface area contributed by atoms with E-state index in [1.807, 2.05) is 31.2 Å². The number of carbonyl (C=O) groups is 1. The summed E-state index contributed by atoms with van der Waals surface area (Å²) in [5.74, 6) is -0.372. The highest BCUT2D eigenvalue weighted by Crippen LogP contribution is 2.15. The van der Waals surface area contributed by atoms with E-state index in [1.54, 1.807) is 0 Å². The van der Waals surface area contributed by atoms with Gasteiger partial charge in [-0.15, -0.1) is 0 Å². The molecule has 0 saturated carbocycles. The van der Waals surface area contributed by atoms with Crippen molar-refractivity contribution >= 4 is 15.9 Å². The van der Waals surface area contributed by atoms with Gasteiger partial charge >= 0.3 is 0 Å². The van der Waals surface area contributed by atoms with Gasteiger partial charge in [-0.25, -0.2) is 8.42 Å². The number of nitrogens with zero attached hydrogens (tertiary/aromatic N) is 2. The Kier molecular flexibility index (Phi) is 6.28. The van der Waals surface area contributed by atoms with Crippen molar-refractivity contribution in [3.05, 3.63) is 64.1 Å². The van der Waals surface area contributed by atoms with Gasteiger partial charge in [-0.2, -0.15) is 4.31 Å². The molecule has 0 bridgehead atoms. The van der Waals surface area contributed by atoms with E-state index < -0.39 is 15.6 Å². The van der Waals surface area contributed by atoms with E-state index in [4.69, 9.17) is 4.74 Å². The summed E-state index contributed by atoms with van der Waals surface area (Å²) in [6.07, 6.45) is 1.22. The first-order valence-electron chi connectivity index (χ1n) is 8.97. The molecular formula is C19H23N3O5S. The van der Waals surface area contributed by atoms with Crippen molar-refractivity contribution in [1.82, 2.24) is 14.2 Å². The number of ether oxygens (including phenoxy) is 1. The van der Waals surface area contributed by atoms with E-state index in [9.17, 15) is 18.0 Å². The number of hydrogen-bond acceptors (Lipinski definition) is 5. The van der Waals surface area contributed by atoms with Gasteiger partial charge in [0, 0.05) is 31.9 Å². The molecule has 0 aliphatic carbocycles. The fourth-order valence-corrected chi connectivity index (χ4v) is 4.27. The van der Waals surface area contributed by atoms with Crippen LogP contribution in [0.4, 0.5) is 0 Å². The molecule has 0 atom stereocenters. The predicted octanol–water partition coefficient (Wildman–Crippen LogP) is 0.494. The molecule has 1 saturated heterocycles. The quantitative estimate of drug-likeness (QED) is 0.755. The Morgan fingerprint density at radius 3 is 2.46 bits per heavy atom. The number of pyridine rings is 1. The minimum Gasteiger partial charge on any atom is -0.379 e. The molecule has 150 valence electrons. The van der Waals surface area contributed by atoms with Crippen LogP contribution < -0.4 is 10.9 Å². The molecule has 1 aliphatic rings. The molecular weight excluding hydrogens is 382 g/mol. The summed E-state index contributed by atoms with van der Waals surface area (Å²) in [6.45, 7) is 3.25. The van der Waals surface area contributed by atoms with Crippen molar-refractivity contribution in [2.75, 3.05) is 26.3 Å². The Balaban J connectivity index is 1.69. The van der Waals surface area contributed by atoms with Crippen LogP contribution in [0, 0.1) is 6.92 Å². The lowest BCUT2D eigenvalue weighted by molar-refractivity contribution is -0.121.